The van der Waals surface area contributed by atoms with Crippen molar-refractivity contribution < 1.29 is 15.0 Å². The van der Waals surface area contributed by atoms with E-state index in [-0.39, 0.29) is 11.3 Å². The molecule has 0 aliphatic carbocycles. The average Bonchev–Trinajstić information content (AvgIpc) is 2.75. The molecule has 0 aliphatic rings. The lowest BCUT2D eigenvalue weighted by atomic mass is 10.2. The zero-order valence-corrected chi connectivity index (χ0v) is 7.79. The van der Waals surface area contributed by atoms with Gasteiger partial charge in [0, 0.05) is 12.4 Å². The van der Waals surface area contributed by atoms with Gasteiger partial charge in [-0.1, -0.05) is 12.1 Å². The number of hydrogen-bond donors (Lipinski definition) is 3. The van der Waals surface area contributed by atoms with Gasteiger partial charge in [0.25, 0.3) is 0 Å². The summed E-state index contributed by atoms with van der Waals surface area (Å²) in [5.41, 5.74) is -0.0671. The molecule has 1 aromatic heterocycles. The minimum absolute atomic E-state index is 0.0671. The first-order chi connectivity index (χ1) is 7.22. The Morgan fingerprint density at radius 1 is 1.27 bits per heavy atom. The molecule has 1 aromatic carbocycles. The number of hydrogen-bond acceptors (Lipinski definition) is 3. The minimum atomic E-state index is -1.11. The van der Waals surface area contributed by atoms with E-state index in [4.69, 9.17) is 10.2 Å². The number of phenols is 1. The van der Waals surface area contributed by atoms with Crippen LogP contribution in [0.25, 0.3) is 0 Å². The SMILES string of the molecule is O=C(O)c1ccccc1O.c1cn[nH]c1. The Balaban J connectivity index is 0.000000187. The first kappa shape index (κ1) is 10.8. The monoisotopic (exact) mass is 206 g/mol. The molecule has 0 spiro atoms. The van der Waals surface area contributed by atoms with Crippen LogP contribution >= 0.6 is 0 Å². The summed E-state index contributed by atoms with van der Waals surface area (Å²) in [4.78, 5) is 10.3. The summed E-state index contributed by atoms with van der Waals surface area (Å²) in [6.07, 6.45) is 3.46. The van der Waals surface area contributed by atoms with E-state index in [1.54, 1.807) is 24.5 Å². The van der Waals surface area contributed by atoms with Crippen molar-refractivity contribution >= 4 is 5.97 Å². The van der Waals surface area contributed by atoms with E-state index in [1.807, 2.05) is 6.07 Å². The standard InChI is InChI=1S/C7H6O3.C3H4N2/c8-6-4-2-1-3-5(6)7(9)10;1-2-4-5-3-1/h1-4,8H,(H,9,10);1-3H,(H,4,5). The second-order valence-corrected chi connectivity index (χ2v) is 2.59. The van der Waals surface area contributed by atoms with Crippen molar-refractivity contribution in [2.75, 3.05) is 0 Å². The predicted molar refractivity (Wildman–Crippen MR) is 53.7 cm³/mol. The van der Waals surface area contributed by atoms with Crippen LogP contribution in [0.4, 0.5) is 0 Å². The third-order valence-electron chi connectivity index (χ3n) is 1.54. The number of carbonyl (C=O) groups is 1. The average molecular weight is 206 g/mol. The van der Waals surface area contributed by atoms with Gasteiger partial charge in [-0.2, -0.15) is 5.10 Å². The number of benzene rings is 1. The molecule has 3 N–H and O–H groups in total. The number of nitrogens with zero attached hydrogens (tertiary/aromatic N) is 1. The fourth-order valence-electron chi connectivity index (χ4n) is 0.870. The van der Waals surface area contributed by atoms with Crippen LogP contribution in [0.5, 0.6) is 5.75 Å². The van der Waals surface area contributed by atoms with Crippen molar-refractivity contribution in [1.82, 2.24) is 10.2 Å². The van der Waals surface area contributed by atoms with Crippen LogP contribution < -0.4 is 0 Å². The summed E-state index contributed by atoms with van der Waals surface area (Å²) in [5.74, 6) is -1.31. The highest BCUT2D eigenvalue weighted by Gasteiger charge is 2.05. The number of aromatic hydroxyl groups is 1. The Morgan fingerprint density at radius 2 is 2.00 bits per heavy atom. The topological polar surface area (TPSA) is 86.2 Å². The Kier molecular flexibility index (Phi) is 3.91. The molecule has 0 amide bonds. The van der Waals surface area contributed by atoms with Gasteiger partial charge >= 0.3 is 5.97 Å². The largest absolute Gasteiger partial charge is 0.507 e. The number of nitrogens with one attached hydrogen (secondary N) is 1. The van der Waals surface area contributed by atoms with Crippen molar-refractivity contribution in [3.63, 3.8) is 0 Å². The minimum Gasteiger partial charge on any atom is -0.507 e. The van der Waals surface area contributed by atoms with Crippen molar-refractivity contribution in [2.45, 2.75) is 0 Å². The lowest BCUT2D eigenvalue weighted by Crippen LogP contribution is -1.95. The number of rotatable bonds is 1. The zero-order valence-electron chi connectivity index (χ0n) is 7.79. The molecule has 0 saturated heterocycles. The molecular formula is C10H10N2O3. The van der Waals surface area contributed by atoms with Gasteiger partial charge in [-0.15, -0.1) is 0 Å². The fourth-order valence-corrected chi connectivity index (χ4v) is 0.870. The number of aromatic carboxylic acids is 1. The molecular weight excluding hydrogens is 196 g/mol. The normalized spacial score (nSPS) is 8.80. The molecule has 2 rings (SSSR count). The smallest absolute Gasteiger partial charge is 0.339 e. The van der Waals surface area contributed by atoms with Crippen LogP contribution in [0, 0.1) is 0 Å². The molecule has 5 nitrogen and oxygen atoms in total. The third-order valence-corrected chi connectivity index (χ3v) is 1.54. The molecule has 0 atom stereocenters. The highest BCUT2D eigenvalue weighted by atomic mass is 16.4. The molecule has 15 heavy (non-hydrogen) atoms. The third kappa shape index (κ3) is 3.51. The maximum Gasteiger partial charge on any atom is 0.339 e. The summed E-state index contributed by atoms with van der Waals surface area (Å²) >= 11 is 0. The fraction of sp³-hybridized carbons (Fsp3) is 0. The van der Waals surface area contributed by atoms with E-state index in [9.17, 15) is 4.79 Å². The van der Waals surface area contributed by atoms with Crippen LogP contribution in [0.1, 0.15) is 10.4 Å². The second-order valence-electron chi connectivity index (χ2n) is 2.59. The zero-order chi connectivity index (χ0) is 11.1. The summed E-state index contributed by atoms with van der Waals surface area (Å²) in [5, 5.41) is 23.5. The number of H-pyrrole nitrogens is 1. The molecule has 5 heteroatoms. The van der Waals surface area contributed by atoms with Gasteiger partial charge in [0.2, 0.25) is 0 Å². The molecule has 1 heterocycles. The van der Waals surface area contributed by atoms with Gasteiger partial charge in [0.1, 0.15) is 11.3 Å². The number of aromatic nitrogens is 2. The molecule has 0 saturated carbocycles. The number of aromatic amines is 1. The molecule has 0 bridgehead atoms. The summed E-state index contributed by atoms with van der Waals surface area (Å²) in [6.45, 7) is 0. The Hall–Kier alpha value is -2.30. The van der Waals surface area contributed by atoms with Crippen LogP contribution in [-0.2, 0) is 0 Å². The second kappa shape index (κ2) is 5.43. The van der Waals surface area contributed by atoms with Crippen LogP contribution in [0.15, 0.2) is 42.7 Å². The number of para-hydroxylation sites is 1. The quantitative estimate of drug-likeness (QED) is 0.659. The number of carboxylic acid groups (broad SMARTS) is 1. The van der Waals surface area contributed by atoms with Gasteiger partial charge in [0.15, 0.2) is 0 Å². The lowest BCUT2D eigenvalue weighted by Gasteiger charge is -1.95. The van der Waals surface area contributed by atoms with E-state index in [2.05, 4.69) is 10.2 Å². The van der Waals surface area contributed by atoms with E-state index in [1.165, 1.54) is 12.1 Å². The van der Waals surface area contributed by atoms with E-state index in [0.29, 0.717) is 0 Å². The van der Waals surface area contributed by atoms with E-state index in [0.717, 1.165) is 0 Å². The number of carboxylic acids is 1. The summed E-state index contributed by atoms with van der Waals surface area (Å²) in [6, 6.07) is 7.64. The highest BCUT2D eigenvalue weighted by Crippen LogP contribution is 2.14. The molecule has 0 fully saturated rings. The van der Waals surface area contributed by atoms with Crippen LogP contribution in [0.2, 0.25) is 0 Å². The Labute approximate surface area is 86.0 Å². The van der Waals surface area contributed by atoms with Crippen LogP contribution in [0.3, 0.4) is 0 Å². The first-order valence-electron chi connectivity index (χ1n) is 4.17. The Bertz CT molecular complexity index is 395. The van der Waals surface area contributed by atoms with Crippen molar-refractivity contribution in [3.8, 4) is 5.75 Å². The van der Waals surface area contributed by atoms with Gasteiger partial charge in [-0.25, -0.2) is 4.79 Å². The van der Waals surface area contributed by atoms with E-state index < -0.39 is 5.97 Å². The maximum absolute atomic E-state index is 10.3. The summed E-state index contributed by atoms with van der Waals surface area (Å²) in [7, 11) is 0. The van der Waals surface area contributed by atoms with Crippen molar-refractivity contribution in [2.24, 2.45) is 0 Å². The molecule has 2 aromatic rings. The van der Waals surface area contributed by atoms with Gasteiger partial charge < -0.3 is 10.2 Å². The van der Waals surface area contributed by atoms with Gasteiger partial charge in [-0.05, 0) is 18.2 Å². The lowest BCUT2D eigenvalue weighted by molar-refractivity contribution is 0.0694. The predicted octanol–water partition coefficient (Wildman–Crippen LogP) is 1.50. The summed E-state index contributed by atoms with van der Waals surface area (Å²) < 4.78 is 0. The molecule has 0 aliphatic heterocycles. The van der Waals surface area contributed by atoms with Crippen molar-refractivity contribution in [1.29, 1.82) is 0 Å². The van der Waals surface area contributed by atoms with Crippen molar-refractivity contribution in [3.05, 3.63) is 48.3 Å². The van der Waals surface area contributed by atoms with Crippen LogP contribution in [-0.4, -0.2) is 26.4 Å². The maximum atomic E-state index is 10.3. The van der Waals surface area contributed by atoms with E-state index >= 15 is 0 Å². The van der Waals surface area contributed by atoms with Gasteiger partial charge in [0.05, 0.1) is 0 Å². The molecule has 0 radical (unpaired) electrons. The highest BCUT2D eigenvalue weighted by molar-refractivity contribution is 5.90. The molecule has 0 unspecified atom stereocenters. The van der Waals surface area contributed by atoms with Gasteiger partial charge in [-0.3, -0.25) is 5.10 Å². The Morgan fingerprint density at radius 3 is 2.33 bits per heavy atom. The first-order valence-corrected chi connectivity index (χ1v) is 4.17. The molecule has 78 valence electrons.